The van der Waals surface area contributed by atoms with Gasteiger partial charge in [-0.3, -0.25) is 14.4 Å². The molecule has 0 amide bonds. The number of benzene rings is 4. The zero-order chi connectivity index (χ0) is 36.2. The molecule has 1 heterocycles. The molecule has 0 spiro atoms. The Hall–Kier alpha value is -4.91. The van der Waals surface area contributed by atoms with Gasteiger partial charge in [-0.2, -0.15) is 0 Å². The Labute approximate surface area is 294 Å². The van der Waals surface area contributed by atoms with Gasteiger partial charge in [-0.1, -0.05) is 72.8 Å². The number of nitrogens with one attached hydrogen (secondary N) is 1. The summed E-state index contributed by atoms with van der Waals surface area (Å²) in [6, 6.07) is 23.2. The third-order valence-corrected chi connectivity index (χ3v) is 10.4. The fourth-order valence-electron chi connectivity index (χ4n) is 7.68. The lowest BCUT2D eigenvalue weighted by Crippen LogP contribution is -2.55. The van der Waals surface area contributed by atoms with Gasteiger partial charge in [0.2, 0.25) is 5.78 Å². The summed E-state index contributed by atoms with van der Waals surface area (Å²) in [5.74, 6) is -3.17. The number of phenols is 2. The Balaban J connectivity index is 1.27. The summed E-state index contributed by atoms with van der Waals surface area (Å²) >= 11 is 0. The van der Waals surface area contributed by atoms with E-state index in [1.54, 1.807) is 6.92 Å². The molecule has 4 aromatic rings. The van der Waals surface area contributed by atoms with Gasteiger partial charge in [0.25, 0.3) is 0 Å². The molecular formula is C40H39NO10. The highest BCUT2D eigenvalue weighted by molar-refractivity contribution is 6.31. The predicted octanol–water partition coefficient (Wildman–Crippen LogP) is 4.45. The molecule has 6 atom stereocenters. The van der Waals surface area contributed by atoms with Crippen LogP contribution in [0.1, 0.15) is 92.9 Å². The Morgan fingerprint density at radius 3 is 2.14 bits per heavy atom. The van der Waals surface area contributed by atoms with Crippen LogP contribution in [0.2, 0.25) is 0 Å². The lowest BCUT2D eigenvalue weighted by atomic mass is 9.72. The lowest BCUT2D eigenvalue weighted by molar-refractivity contribution is -0.250. The number of methoxy groups -OCH3 is 1. The molecule has 4 unspecified atom stereocenters. The maximum Gasteiger partial charge on any atom is 0.202 e. The van der Waals surface area contributed by atoms with Crippen molar-refractivity contribution in [1.29, 1.82) is 0 Å². The van der Waals surface area contributed by atoms with Crippen LogP contribution in [0.5, 0.6) is 17.2 Å². The summed E-state index contributed by atoms with van der Waals surface area (Å²) in [5, 5.41) is 50.0. The lowest BCUT2D eigenvalue weighted by Gasteiger charge is -2.43. The molecule has 11 heteroatoms. The van der Waals surface area contributed by atoms with Gasteiger partial charge < -0.3 is 40.0 Å². The SMILES string of the molecule is COc1cccc2c1C(=O)c1c(O)c3c(c(O)c1C2=O)C[C@@](O)(C(C)=O)C[C@@H]3OC1CC(NC(c2ccccc2)c2ccccc2)C(O)C(C)O1. The summed E-state index contributed by atoms with van der Waals surface area (Å²) in [6.45, 7) is 2.90. The zero-order valence-corrected chi connectivity index (χ0v) is 28.3. The number of carbonyl (C=O) groups excluding carboxylic acids is 3. The van der Waals surface area contributed by atoms with E-state index in [0.29, 0.717) is 0 Å². The largest absolute Gasteiger partial charge is 0.507 e. The molecule has 0 radical (unpaired) electrons. The van der Waals surface area contributed by atoms with Crippen LogP contribution in [0.3, 0.4) is 0 Å². The summed E-state index contributed by atoms with van der Waals surface area (Å²) < 4.78 is 17.9. The van der Waals surface area contributed by atoms with Crippen LogP contribution in [-0.2, 0) is 20.7 Å². The number of ketones is 3. The molecule has 1 saturated heterocycles. The van der Waals surface area contributed by atoms with Gasteiger partial charge in [-0.05, 0) is 31.0 Å². The Kier molecular flexibility index (Phi) is 9.03. The standard InChI is InChI=1S/C40H39NO10/c1-20-35(43)26(41-34(22-11-6-4-7-12-22)23-13-8-5-9-14-23)17-29(50-20)51-28-19-40(48,21(2)42)18-25-31(28)39(47)33-32(37(25)45)36(44)24-15-10-16-27(49-3)30(24)38(33)46/h4-16,20,26,28-29,34-35,41,43,45,47-48H,17-19H2,1-3H3/t20?,26?,28-,29?,35?,40-/m0/s1. The van der Waals surface area contributed by atoms with E-state index < -0.39 is 82.6 Å². The minimum absolute atomic E-state index is 0.0158. The van der Waals surface area contributed by atoms with Crippen LogP contribution in [0.15, 0.2) is 78.9 Å². The molecule has 2 aliphatic carbocycles. The molecule has 1 aliphatic heterocycles. The third-order valence-electron chi connectivity index (χ3n) is 10.4. The van der Waals surface area contributed by atoms with E-state index in [1.165, 1.54) is 32.2 Å². The highest BCUT2D eigenvalue weighted by Crippen LogP contribution is 2.52. The predicted molar refractivity (Wildman–Crippen MR) is 184 cm³/mol. The van der Waals surface area contributed by atoms with E-state index in [1.807, 2.05) is 60.7 Å². The van der Waals surface area contributed by atoms with E-state index in [4.69, 9.17) is 14.2 Å². The molecule has 51 heavy (non-hydrogen) atoms. The number of carbonyl (C=O) groups is 3. The van der Waals surface area contributed by atoms with Crippen LogP contribution in [-0.4, -0.2) is 75.0 Å². The molecule has 0 saturated carbocycles. The number of aliphatic hydroxyl groups is 2. The number of ether oxygens (including phenoxy) is 3. The second-order valence-electron chi connectivity index (χ2n) is 13.5. The van der Waals surface area contributed by atoms with Gasteiger partial charge >= 0.3 is 0 Å². The fourth-order valence-corrected chi connectivity index (χ4v) is 7.68. The average molecular weight is 694 g/mol. The van der Waals surface area contributed by atoms with Crippen LogP contribution in [0, 0.1) is 0 Å². The summed E-state index contributed by atoms with van der Waals surface area (Å²) in [7, 11) is 1.35. The highest BCUT2D eigenvalue weighted by Gasteiger charge is 2.49. The number of aliphatic hydroxyl groups excluding tert-OH is 1. The number of hydrogen-bond acceptors (Lipinski definition) is 11. The molecule has 264 valence electrons. The van der Waals surface area contributed by atoms with Gasteiger partial charge in [0, 0.05) is 42.0 Å². The van der Waals surface area contributed by atoms with Crippen molar-refractivity contribution in [3.05, 3.63) is 123 Å². The Bertz CT molecular complexity index is 1980. The Morgan fingerprint density at radius 2 is 1.53 bits per heavy atom. The summed E-state index contributed by atoms with van der Waals surface area (Å²) in [5.41, 5.74) is -1.12. The Morgan fingerprint density at radius 1 is 0.902 bits per heavy atom. The van der Waals surface area contributed by atoms with Crippen molar-refractivity contribution in [3.63, 3.8) is 0 Å². The molecule has 7 rings (SSSR count). The quantitative estimate of drug-likeness (QED) is 0.146. The molecule has 4 aromatic carbocycles. The number of hydrogen-bond donors (Lipinski definition) is 5. The topological polar surface area (TPSA) is 172 Å². The number of Topliss-reactive ketones (excluding diaryl/α,β-unsaturated/α-hetero) is 1. The summed E-state index contributed by atoms with van der Waals surface area (Å²) in [6.07, 6.45) is -4.63. The first-order chi connectivity index (χ1) is 24.4. The summed E-state index contributed by atoms with van der Waals surface area (Å²) in [4.78, 5) is 40.6. The molecule has 1 fully saturated rings. The van der Waals surface area contributed by atoms with Gasteiger partial charge in [0.05, 0.1) is 48.2 Å². The average Bonchev–Trinajstić information content (AvgIpc) is 3.13. The van der Waals surface area contributed by atoms with Crippen LogP contribution >= 0.6 is 0 Å². The second-order valence-corrected chi connectivity index (χ2v) is 13.5. The number of rotatable bonds is 8. The van der Waals surface area contributed by atoms with E-state index >= 15 is 0 Å². The molecule has 11 nitrogen and oxygen atoms in total. The smallest absolute Gasteiger partial charge is 0.202 e. The number of aromatic hydroxyl groups is 2. The first-order valence-corrected chi connectivity index (χ1v) is 16.9. The molecule has 0 bridgehead atoms. The van der Waals surface area contributed by atoms with Crippen molar-refractivity contribution < 1.29 is 49.0 Å². The van der Waals surface area contributed by atoms with Crippen molar-refractivity contribution in [1.82, 2.24) is 5.32 Å². The van der Waals surface area contributed by atoms with Crippen molar-refractivity contribution in [2.24, 2.45) is 0 Å². The van der Waals surface area contributed by atoms with Crippen LogP contribution in [0.4, 0.5) is 0 Å². The minimum atomic E-state index is -2.04. The maximum absolute atomic E-state index is 14.0. The first kappa shape index (κ1) is 34.5. The van der Waals surface area contributed by atoms with Crippen LogP contribution < -0.4 is 10.1 Å². The first-order valence-electron chi connectivity index (χ1n) is 16.9. The maximum atomic E-state index is 14.0. The van der Waals surface area contributed by atoms with Gasteiger partial charge in [-0.15, -0.1) is 0 Å². The fraction of sp³-hybridized carbons (Fsp3) is 0.325. The van der Waals surface area contributed by atoms with Gasteiger partial charge in [0.15, 0.2) is 17.9 Å². The molecule has 3 aliphatic rings. The molecular weight excluding hydrogens is 654 g/mol. The van der Waals surface area contributed by atoms with Gasteiger partial charge in [-0.25, -0.2) is 0 Å². The van der Waals surface area contributed by atoms with Gasteiger partial charge in [0.1, 0.15) is 22.8 Å². The highest BCUT2D eigenvalue weighted by atomic mass is 16.7. The van der Waals surface area contributed by atoms with Crippen molar-refractivity contribution >= 4 is 17.3 Å². The van der Waals surface area contributed by atoms with E-state index in [9.17, 15) is 34.8 Å². The normalized spacial score (nSPS) is 25.6. The van der Waals surface area contributed by atoms with Crippen molar-refractivity contribution in [2.75, 3.05) is 7.11 Å². The third kappa shape index (κ3) is 5.90. The molecule has 0 aromatic heterocycles. The second kappa shape index (κ2) is 13.3. The van der Waals surface area contributed by atoms with Crippen molar-refractivity contribution in [2.45, 2.75) is 75.4 Å². The van der Waals surface area contributed by atoms with E-state index in [0.717, 1.165) is 11.1 Å². The van der Waals surface area contributed by atoms with E-state index in [2.05, 4.69) is 5.32 Å². The van der Waals surface area contributed by atoms with Crippen LogP contribution in [0.25, 0.3) is 0 Å². The zero-order valence-electron chi connectivity index (χ0n) is 28.3. The monoisotopic (exact) mass is 693 g/mol. The van der Waals surface area contributed by atoms with E-state index in [-0.39, 0.29) is 46.9 Å². The number of fused-ring (bicyclic) bond motifs is 3. The van der Waals surface area contributed by atoms with Crippen molar-refractivity contribution in [3.8, 4) is 17.2 Å². The minimum Gasteiger partial charge on any atom is -0.507 e. The molecule has 5 N–H and O–H groups in total. The number of phenolic OH excluding ortho intramolecular Hbond substituents is 2.